The maximum absolute atomic E-state index is 11.9. The van der Waals surface area contributed by atoms with E-state index in [1.54, 1.807) is 13.2 Å². The summed E-state index contributed by atoms with van der Waals surface area (Å²) < 4.78 is 10.4. The van der Waals surface area contributed by atoms with Crippen LogP contribution in [0.4, 0.5) is 5.00 Å². The Bertz CT molecular complexity index is 680. The van der Waals surface area contributed by atoms with Gasteiger partial charge in [-0.2, -0.15) is 0 Å². The monoisotopic (exact) mass is 307 g/mol. The van der Waals surface area contributed by atoms with Crippen molar-refractivity contribution in [3.05, 3.63) is 56.5 Å². The number of methoxy groups -OCH3 is 1. The number of hydrogen-bond donors (Lipinski definition) is 0. The first kappa shape index (κ1) is 15.0. The predicted octanol–water partition coefficient (Wildman–Crippen LogP) is 3.33. The van der Waals surface area contributed by atoms with Crippen molar-refractivity contribution in [1.29, 1.82) is 0 Å². The zero-order valence-corrected chi connectivity index (χ0v) is 12.3. The number of nitro groups is 1. The SMILES string of the molecule is COc1ccc(C)cc1COC(=O)c1ccc([N+](=O)[O-])s1. The average Bonchev–Trinajstić information content (AvgIpc) is 2.95. The van der Waals surface area contributed by atoms with Crippen LogP contribution in [0.5, 0.6) is 5.75 Å². The molecule has 0 radical (unpaired) electrons. The van der Waals surface area contributed by atoms with Gasteiger partial charge in [0.25, 0.3) is 0 Å². The Kier molecular flexibility index (Phi) is 4.54. The van der Waals surface area contributed by atoms with Crippen LogP contribution < -0.4 is 4.74 Å². The molecule has 0 fully saturated rings. The zero-order valence-electron chi connectivity index (χ0n) is 11.5. The number of benzene rings is 1. The van der Waals surface area contributed by atoms with Gasteiger partial charge in [0.05, 0.1) is 12.0 Å². The third-order valence-electron chi connectivity index (χ3n) is 2.77. The number of aryl methyl sites for hydroxylation is 1. The Hall–Kier alpha value is -2.41. The van der Waals surface area contributed by atoms with E-state index in [1.807, 2.05) is 19.1 Å². The van der Waals surface area contributed by atoms with E-state index in [0.29, 0.717) is 5.75 Å². The van der Waals surface area contributed by atoms with E-state index in [0.717, 1.165) is 22.5 Å². The topological polar surface area (TPSA) is 78.7 Å². The summed E-state index contributed by atoms with van der Waals surface area (Å²) in [5.41, 5.74) is 1.77. The van der Waals surface area contributed by atoms with E-state index in [1.165, 1.54) is 12.1 Å². The van der Waals surface area contributed by atoms with Crippen LogP contribution in [0.2, 0.25) is 0 Å². The molecule has 0 amide bonds. The zero-order chi connectivity index (χ0) is 15.4. The minimum atomic E-state index is -0.586. The second-order valence-electron chi connectivity index (χ2n) is 4.29. The highest BCUT2D eigenvalue weighted by molar-refractivity contribution is 7.17. The van der Waals surface area contributed by atoms with E-state index in [9.17, 15) is 14.9 Å². The fraction of sp³-hybridized carbons (Fsp3) is 0.214. The van der Waals surface area contributed by atoms with Gasteiger partial charge in [-0.3, -0.25) is 10.1 Å². The quantitative estimate of drug-likeness (QED) is 0.481. The van der Waals surface area contributed by atoms with Crippen molar-refractivity contribution in [2.45, 2.75) is 13.5 Å². The molecule has 1 aromatic heterocycles. The van der Waals surface area contributed by atoms with Gasteiger partial charge in [-0.05, 0) is 25.1 Å². The third kappa shape index (κ3) is 3.57. The molecule has 2 aromatic rings. The van der Waals surface area contributed by atoms with E-state index < -0.39 is 10.9 Å². The first-order valence-corrected chi connectivity index (χ1v) is 6.88. The molecule has 0 aliphatic rings. The Morgan fingerprint density at radius 2 is 2.10 bits per heavy atom. The molecule has 21 heavy (non-hydrogen) atoms. The van der Waals surface area contributed by atoms with E-state index in [4.69, 9.17) is 9.47 Å². The third-order valence-corrected chi connectivity index (χ3v) is 3.78. The minimum absolute atomic E-state index is 0.0510. The van der Waals surface area contributed by atoms with Crippen LogP contribution in [0.25, 0.3) is 0 Å². The van der Waals surface area contributed by atoms with E-state index in [-0.39, 0.29) is 16.5 Å². The van der Waals surface area contributed by atoms with Crippen LogP contribution >= 0.6 is 11.3 Å². The number of ether oxygens (including phenoxy) is 2. The number of thiophene rings is 1. The van der Waals surface area contributed by atoms with Crippen LogP contribution in [0, 0.1) is 17.0 Å². The Morgan fingerprint density at radius 1 is 1.33 bits per heavy atom. The summed E-state index contributed by atoms with van der Waals surface area (Å²) in [5, 5.41) is 10.5. The fourth-order valence-corrected chi connectivity index (χ4v) is 2.48. The van der Waals surface area contributed by atoms with Gasteiger partial charge in [0, 0.05) is 11.6 Å². The number of rotatable bonds is 5. The summed E-state index contributed by atoms with van der Waals surface area (Å²) in [4.78, 5) is 22.1. The van der Waals surface area contributed by atoms with Gasteiger partial charge in [0.2, 0.25) is 0 Å². The summed E-state index contributed by atoms with van der Waals surface area (Å²) in [5.74, 6) is 0.0437. The highest BCUT2D eigenvalue weighted by atomic mass is 32.1. The van der Waals surface area contributed by atoms with Gasteiger partial charge in [0.1, 0.15) is 17.2 Å². The van der Waals surface area contributed by atoms with E-state index >= 15 is 0 Å². The maximum Gasteiger partial charge on any atom is 0.348 e. The lowest BCUT2D eigenvalue weighted by Gasteiger charge is -2.09. The van der Waals surface area contributed by atoms with Crippen LogP contribution in [-0.4, -0.2) is 18.0 Å². The molecular weight excluding hydrogens is 294 g/mol. The number of nitrogens with zero attached hydrogens (tertiary/aromatic N) is 1. The average molecular weight is 307 g/mol. The van der Waals surface area contributed by atoms with E-state index in [2.05, 4.69) is 0 Å². The second-order valence-corrected chi connectivity index (χ2v) is 5.35. The Morgan fingerprint density at radius 3 is 2.71 bits per heavy atom. The lowest BCUT2D eigenvalue weighted by Crippen LogP contribution is -2.04. The number of carbonyl (C=O) groups excluding carboxylic acids is 1. The second kappa shape index (κ2) is 6.36. The Balaban J connectivity index is 2.07. The standard InChI is InChI=1S/C14H13NO5S/c1-9-3-4-11(19-2)10(7-9)8-20-14(16)12-5-6-13(21-12)15(17)18/h3-7H,8H2,1-2H3. The smallest absolute Gasteiger partial charge is 0.348 e. The van der Waals surface area contributed by atoms with Crippen molar-refractivity contribution < 1.29 is 19.2 Å². The first-order chi connectivity index (χ1) is 10.0. The molecule has 0 saturated heterocycles. The lowest BCUT2D eigenvalue weighted by atomic mass is 10.1. The van der Waals surface area contributed by atoms with Gasteiger partial charge < -0.3 is 9.47 Å². The van der Waals surface area contributed by atoms with Gasteiger partial charge in [0.15, 0.2) is 0 Å². The van der Waals surface area contributed by atoms with Crippen molar-refractivity contribution in [1.82, 2.24) is 0 Å². The summed E-state index contributed by atoms with van der Waals surface area (Å²) in [6.07, 6.45) is 0. The van der Waals surface area contributed by atoms with Gasteiger partial charge >= 0.3 is 11.0 Å². The molecule has 2 rings (SSSR count). The first-order valence-electron chi connectivity index (χ1n) is 6.06. The lowest BCUT2D eigenvalue weighted by molar-refractivity contribution is -0.380. The van der Waals surface area contributed by atoms with Crippen molar-refractivity contribution in [3.63, 3.8) is 0 Å². The number of carbonyl (C=O) groups is 1. The molecular formula is C14H13NO5S. The highest BCUT2D eigenvalue weighted by Crippen LogP contribution is 2.26. The van der Waals surface area contributed by atoms with Crippen molar-refractivity contribution in [2.24, 2.45) is 0 Å². The van der Waals surface area contributed by atoms with Crippen molar-refractivity contribution in [3.8, 4) is 5.75 Å². The van der Waals surface area contributed by atoms with Crippen LogP contribution in [0.15, 0.2) is 30.3 Å². The molecule has 0 aliphatic carbocycles. The number of hydrogen-bond acceptors (Lipinski definition) is 6. The maximum atomic E-state index is 11.9. The van der Waals surface area contributed by atoms with Crippen molar-refractivity contribution >= 4 is 22.3 Å². The molecule has 0 atom stereocenters. The fourth-order valence-electron chi connectivity index (χ4n) is 1.77. The van der Waals surface area contributed by atoms with Crippen LogP contribution in [0.1, 0.15) is 20.8 Å². The van der Waals surface area contributed by atoms with Gasteiger partial charge in [-0.15, -0.1) is 0 Å². The van der Waals surface area contributed by atoms with Crippen LogP contribution in [-0.2, 0) is 11.3 Å². The molecule has 0 unspecified atom stereocenters. The Labute approximate surface area is 125 Å². The largest absolute Gasteiger partial charge is 0.496 e. The molecule has 0 N–H and O–H groups in total. The van der Waals surface area contributed by atoms with Gasteiger partial charge in [-0.1, -0.05) is 23.0 Å². The van der Waals surface area contributed by atoms with Crippen molar-refractivity contribution in [2.75, 3.05) is 7.11 Å². The number of esters is 1. The van der Waals surface area contributed by atoms with Gasteiger partial charge in [-0.25, -0.2) is 4.79 Å². The minimum Gasteiger partial charge on any atom is -0.496 e. The summed E-state index contributed by atoms with van der Waals surface area (Å²) in [6, 6.07) is 8.23. The molecule has 7 heteroatoms. The summed E-state index contributed by atoms with van der Waals surface area (Å²) >= 11 is 0.792. The predicted molar refractivity (Wildman–Crippen MR) is 77.8 cm³/mol. The molecule has 0 bridgehead atoms. The normalized spacial score (nSPS) is 10.2. The molecule has 110 valence electrons. The molecule has 1 heterocycles. The van der Waals surface area contributed by atoms with Crippen LogP contribution in [0.3, 0.4) is 0 Å². The molecule has 0 aliphatic heterocycles. The highest BCUT2D eigenvalue weighted by Gasteiger charge is 2.17. The summed E-state index contributed by atoms with van der Waals surface area (Å²) in [6.45, 7) is 1.97. The summed E-state index contributed by atoms with van der Waals surface area (Å²) in [7, 11) is 1.54. The molecule has 0 saturated carbocycles. The molecule has 6 nitrogen and oxygen atoms in total. The molecule has 1 aromatic carbocycles. The molecule has 0 spiro atoms.